The first-order chi connectivity index (χ1) is 18.2. The van der Waals surface area contributed by atoms with Gasteiger partial charge in [-0.3, -0.25) is 4.98 Å². The fraction of sp³-hybridized carbons (Fsp3) is 0.500. The van der Waals surface area contributed by atoms with Crippen LogP contribution in [-0.4, -0.2) is 88.2 Å². The number of nitrogens with zero attached hydrogens (tertiary/aromatic N) is 5. The maximum absolute atomic E-state index is 12.5. The maximum atomic E-state index is 12.5. The molecule has 0 bridgehead atoms. The third-order valence-corrected chi connectivity index (χ3v) is 6.74. The monoisotopic (exact) mass is 520 g/mol. The molecule has 2 saturated heterocycles. The molecular formula is C28H36N6O4. The highest BCUT2D eigenvalue weighted by atomic mass is 16.6. The van der Waals surface area contributed by atoms with E-state index in [0.29, 0.717) is 37.6 Å². The summed E-state index contributed by atoms with van der Waals surface area (Å²) in [5.74, 6) is 0.623. The number of morpholine rings is 1. The average molecular weight is 521 g/mol. The molecule has 2 aromatic heterocycles. The van der Waals surface area contributed by atoms with Crippen molar-refractivity contribution in [2.45, 2.75) is 51.4 Å². The number of carbonyl (C=O) groups is 1. The van der Waals surface area contributed by atoms with Crippen LogP contribution >= 0.6 is 0 Å². The van der Waals surface area contributed by atoms with Crippen LogP contribution in [0, 0.1) is 0 Å². The molecule has 0 radical (unpaired) electrons. The van der Waals surface area contributed by atoms with Gasteiger partial charge in [0.2, 0.25) is 0 Å². The molecule has 1 aromatic carbocycles. The summed E-state index contributed by atoms with van der Waals surface area (Å²) in [6.45, 7) is 9.13. The summed E-state index contributed by atoms with van der Waals surface area (Å²) >= 11 is 0. The summed E-state index contributed by atoms with van der Waals surface area (Å²) in [4.78, 5) is 30.4. The Labute approximate surface area is 223 Å². The third kappa shape index (κ3) is 6.31. The number of amides is 1. The number of benzene rings is 1. The zero-order valence-corrected chi connectivity index (χ0v) is 22.3. The number of anilines is 2. The molecule has 4 heterocycles. The van der Waals surface area contributed by atoms with E-state index in [2.05, 4.69) is 44.5 Å². The normalized spacial score (nSPS) is 19.0. The van der Waals surface area contributed by atoms with Crippen LogP contribution in [0.25, 0.3) is 22.3 Å². The minimum absolute atomic E-state index is 0.196. The highest BCUT2D eigenvalue weighted by Gasteiger charge is 2.28. The van der Waals surface area contributed by atoms with Crippen molar-refractivity contribution in [1.29, 1.82) is 0 Å². The predicted molar refractivity (Wildman–Crippen MR) is 146 cm³/mol. The number of rotatable bonds is 5. The summed E-state index contributed by atoms with van der Waals surface area (Å²) in [5, 5.41) is 13.2. The van der Waals surface area contributed by atoms with Crippen LogP contribution in [0.15, 0.2) is 42.7 Å². The van der Waals surface area contributed by atoms with Crippen molar-refractivity contribution >= 4 is 28.6 Å². The predicted octanol–water partition coefficient (Wildman–Crippen LogP) is 3.70. The molecule has 2 fully saturated rings. The lowest BCUT2D eigenvalue weighted by atomic mass is 10.1. The Morgan fingerprint density at radius 3 is 2.61 bits per heavy atom. The first kappa shape index (κ1) is 26.1. The highest BCUT2D eigenvalue weighted by molar-refractivity contribution is 5.88. The zero-order valence-electron chi connectivity index (χ0n) is 22.3. The average Bonchev–Trinajstić information content (AvgIpc) is 2.91. The summed E-state index contributed by atoms with van der Waals surface area (Å²) in [5.41, 5.74) is 3.80. The van der Waals surface area contributed by atoms with Gasteiger partial charge >= 0.3 is 6.09 Å². The molecule has 2 aliphatic heterocycles. The topological polar surface area (TPSA) is 113 Å². The molecule has 1 amide bonds. The zero-order chi connectivity index (χ0) is 26.7. The van der Waals surface area contributed by atoms with Gasteiger partial charge in [-0.2, -0.15) is 0 Å². The Balaban J connectivity index is 1.30. The summed E-state index contributed by atoms with van der Waals surface area (Å²) in [6.07, 6.45) is 4.18. The molecule has 3 aromatic rings. The van der Waals surface area contributed by atoms with Crippen LogP contribution in [0.5, 0.6) is 0 Å². The number of fused-ring (bicyclic) bond motifs is 1. The van der Waals surface area contributed by atoms with Crippen molar-refractivity contribution in [3.63, 3.8) is 0 Å². The molecule has 2 aliphatic rings. The number of aliphatic hydroxyl groups excluding tert-OH is 1. The van der Waals surface area contributed by atoms with E-state index >= 15 is 0 Å². The van der Waals surface area contributed by atoms with Gasteiger partial charge in [0.05, 0.1) is 36.6 Å². The van der Waals surface area contributed by atoms with Crippen molar-refractivity contribution in [2.24, 2.45) is 0 Å². The first-order valence-electron chi connectivity index (χ1n) is 13.2. The molecule has 2 N–H and O–H groups in total. The SMILES string of the molecule is CC(C)(C)OC(=O)N1CCOC(CNc2nc(-c3ccc(N4CCC(O)CC4)cc3)cc3nccnc23)C1. The lowest BCUT2D eigenvalue weighted by molar-refractivity contribution is -0.0371. The fourth-order valence-electron chi connectivity index (χ4n) is 4.76. The van der Waals surface area contributed by atoms with Crippen molar-refractivity contribution in [3.8, 4) is 11.3 Å². The van der Waals surface area contributed by atoms with E-state index in [1.807, 2.05) is 26.8 Å². The Morgan fingerprint density at radius 2 is 1.87 bits per heavy atom. The van der Waals surface area contributed by atoms with Gasteiger partial charge in [0.1, 0.15) is 11.1 Å². The van der Waals surface area contributed by atoms with E-state index in [1.165, 1.54) is 0 Å². The van der Waals surface area contributed by atoms with Crippen LogP contribution in [0.2, 0.25) is 0 Å². The van der Waals surface area contributed by atoms with Crippen molar-refractivity contribution in [3.05, 3.63) is 42.7 Å². The number of pyridine rings is 1. The Kier molecular flexibility index (Phi) is 7.62. The number of hydrogen-bond acceptors (Lipinski definition) is 9. The van der Waals surface area contributed by atoms with Crippen molar-refractivity contribution in [1.82, 2.24) is 19.9 Å². The van der Waals surface area contributed by atoms with Gasteiger partial charge < -0.3 is 29.7 Å². The standard InChI is InChI=1S/C28H36N6O4/c1-28(2,3)38-27(36)34-14-15-37-22(18-34)17-31-26-25-24(29-10-11-30-25)16-23(32-26)19-4-6-20(7-5-19)33-12-8-21(35)9-13-33/h4-7,10-11,16,21-22,35H,8-9,12-15,17-18H2,1-3H3,(H,31,32). The van der Waals surface area contributed by atoms with E-state index in [4.69, 9.17) is 14.5 Å². The molecule has 10 nitrogen and oxygen atoms in total. The number of ether oxygens (including phenoxy) is 2. The number of carbonyl (C=O) groups excluding carboxylic acids is 1. The van der Waals surface area contributed by atoms with Gasteiger partial charge in [0.25, 0.3) is 0 Å². The molecule has 38 heavy (non-hydrogen) atoms. The van der Waals surface area contributed by atoms with Crippen LogP contribution in [0.3, 0.4) is 0 Å². The number of nitrogens with one attached hydrogen (secondary N) is 1. The molecule has 5 rings (SSSR count). The minimum Gasteiger partial charge on any atom is -0.444 e. The Morgan fingerprint density at radius 1 is 1.13 bits per heavy atom. The van der Waals surface area contributed by atoms with Crippen LogP contribution in [0.1, 0.15) is 33.6 Å². The highest BCUT2D eigenvalue weighted by Crippen LogP contribution is 2.28. The fourth-order valence-corrected chi connectivity index (χ4v) is 4.76. The van der Waals surface area contributed by atoms with Crippen LogP contribution in [0.4, 0.5) is 16.3 Å². The van der Waals surface area contributed by atoms with E-state index in [0.717, 1.165) is 48.4 Å². The van der Waals surface area contributed by atoms with E-state index in [1.54, 1.807) is 17.3 Å². The molecule has 0 spiro atoms. The lowest BCUT2D eigenvalue weighted by Gasteiger charge is -2.34. The second-order valence-corrected chi connectivity index (χ2v) is 10.8. The van der Waals surface area contributed by atoms with Crippen molar-refractivity contribution in [2.75, 3.05) is 49.5 Å². The first-order valence-corrected chi connectivity index (χ1v) is 13.2. The summed E-state index contributed by atoms with van der Waals surface area (Å²) in [6, 6.07) is 10.3. The van der Waals surface area contributed by atoms with Gasteiger partial charge in [0, 0.05) is 49.8 Å². The molecule has 202 valence electrons. The quantitative estimate of drug-likeness (QED) is 0.520. The number of aromatic nitrogens is 3. The molecule has 10 heteroatoms. The molecule has 1 unspecified atom stereocenters. The van der Waals surface area contributed by atoms with Crippen LogP contribution < -0.4 is 10.2 Å². The lowest BCUT2D eigenvalue weighted by Crippen LogP contribution is -2.49. The van der Waals surface area contributed by atoms with E-state index in [-0.39, 0.29) is 18.3 Å². The molecular weight excluding hydrogens is 484 g/mol. The molecule has 0 aliphatic carbocycles. The minimum atomic E-state index is -0.542. The van der Waals surface area contributed by atoms with Gasteiger partial charge in [-0.05, 0) is 51.8 Å². The maximum Gasteiger partial charge on any atom is 0.410 e. The largest absolute Gasteiger partial charge is 0.444 e. The smallest absolute Gasteiger partial charge is 0.410 e. The van der Waals surface area contributed by atoms with Crippen LogP contribution in [-0.2, 0) is 9.47 Å². The second kappa shape index (κ2) is 11.1. The Hall–Kier alpha value is -3.50. The molecule has 1 atom stereocenters. The number of hydrogen-bond donors (Lipinski definition) is 2. The number of aliphatic hydroxyl groups is 1. The van der Waals surface area contributed by atoms with Gasteiger partial charge in [0.15, 0.2) is 5.82 Å². The van der Waals surface area contributed by atoms with E-state index < -0.39 is 5.60 Å². The van der Waals surface area contributed by atoms with Gasteiger partial charge in [-0.15, -0.1) is 0 Å². The second-order valence-electron chi connectivity index (χ2n) is 10.8. The summed E-state index contributed by atoms with van der Waals surface area (Å²) in [7, 11) is 0. The van der Waals surface area contributed by atoms with Crippen molar-refractivity contribution < 1.29 is 19.4 Å². The molecule has 0 saturated carbocycles. The van der Waals surface area contributed by atoms with E-state index in [9.17, 15) is 9.90 Å². The summed E-state index contributed by atoms with van der Waals surface area (Å²) < 4.78 is 11.4. The Bertz CT molecular complexity index is 1250. The number of piperidine rings is 1. The third-order valence-electron chi connectivity index (χ3n) is 6.74. The van der Waals surface area contributed by atoms with Gasteiger partial charge in [-0.1, -0.05) is 12.1 Å². The van der Waals surface area contributed by atoms with Gasteiger partial charge in [-0.25, -0.2) is 14.8 Å².